The van der Waals surface area contributed by atoms with Crippen LogP contribution in [0.2, 0.25) is 0 Å². The van der Waals surface area contributed by atoms with Crippen molar-refractivity contribution in [1.29, 1.82) is 0 Å². The highest BCUT2D eigenvalue weighted by atomic mass is 32.2. The van der Waals surface area contributed by atoms with E-state index in [1.807, 2.05) is 51.2 Å². The molecule has 1 aromatic carbocycles. The van der Waals surface area contributed by atoms with Crippen molar-refractivity contribution >= 4 is 23.4 Å². The number of nitrogens with zero attached hydrogens (tertiary/aromatic N) is 2. The molecule has 2 rings (SSSR count). The predicted octanol–water partition coefficient (Wildman–Crippen LogP) is 2.44. The lowest BCUT2D eigenvalue weighted by Gasteiger charge is -2.10. The molecule has 0 radical (unpaired) electrons. The Morgan fingerprint density at radius 1 is 1.36 bits per heavy atom. The fourth-order valence-electron chi connectivity index (χ4n) is 2.16. The molecule has 1 amide bonds. The molecule has 0 saturated carbocycles. The number of aliphatic hydroxyl groups excluding tert-OH is 1. The topological polar surface area (TPSA) is 67.2 Å². The maximum Gasteiger partial charge on any atom is 0.234 e. The lowest BCUT2D eigenvalue weighted by atomic mass is 10.1. The molecular formula is C16H21N3O2S. The Bertz CT molecular complexity index is 640. The summed E-state index contributed by atoms with van der Waals surface area (Å²) in [5, 5.41) is 17.2. The van der Waals surface area contributed by atoms with Crippen LogP contribution in [0, 0.1) is 13.8 Å². The monoisotopic (exact) mass is 319 g/mol. The second-order valence-electron chi connectivity index (χ2n) is 5.16. The van der Waals surface area contributed by atoms with Crippen LogP contribution in [0.3, 0.4) is 0 Å². The molecule has 0 aliphatic heterocycles. The van der Waals surface area contributed by atoms with Crippen LogP contribution >= 0.6 is 11.8 Å². The zero-order chi connectivity index (χ0) is 16.1. The summed E-state index contributed by atoms with van der Waals surface area (Å²) in [5.41, 5.74) is 3.38. The van der Waals surface area contributed by atoms with Gasteiger partial charge < -0.3 is 10.4 Å². The fourth-order valence-corrected chi connectivity index (χ4v) is 2.96. The molecule has 118 valence electrons. The Kier molecular flexibility index (Phi) is 5.63. The second-order valence-corrected chi connectivity index (χ2v) is 6.19. The summed E-state index contributed by atoms with van der Waals surface area (Å²) in [7, 11) is 1.85. The molecule has 0 aliphatic carbocycles. The summed E-state index contributed by atoms with van der Waals surface area (Å²) >= 11 is 1.41. The summed E-state index contributed by atoms with van der Waals surface area (Å²) in [4.78, 5) is 12.0. The number of hydrogen-bond donors (Lipinski definition) is 2. The number of thioether (sulfide) groups is 1. The molecule has 0 saturated heterocycles. The van der Waals surface area contributed by atoms with Gasteiger partial charge in [0.25, 0.3) is 0 Å². The smallest absolute Gasteiger partial charge is 0.234 e. The summed E-state index contributed by atoms with van der Waals surface area (Å²) in [6, 6.07) is 9.46. The van der Waals surface area contributed by atoms with E-state index in [2.05, 4.69) is 10.4 Å². The highest BCUT2D eigenvalue weighted by molar-refractivity contribution is 7.99. The SMILES string of the molecule is Cc1nn(C)c(C)c1NC(=O)CSCC(O)c1ccccc1. The van der Waals surface area contributed by atoms with Crippen molar-refractivity contribution in [3.8, 4) is 0 Å². The number of benzene rings is 1. The first-order valence-corrected chi connectivity index (χ1v) is 8.25. The van der Waals surface area contributed by atoms with Gasteiger partial charge in [-0.05, 0) is 19.4 Å². The van der Waals surface area contributed by atoms with Crippen molar-refractivity contribution in [2.24, 2.45) is 7.05 Å². The highest BCUT2D eigenvalue weighted by Crippen LogP contribution is 2.20. The number of hydrogen-bond acceptors (Lipinski definition) is 4. The zero-order valence-electron chi connectivity index (χ0n) is 13.0. The molecule has 5 nitrogen and oxygen atoms in total. The van der Waals surface area contributed by atoms with Gasteiger partial charge in [0.05, 0.1) is 28.9 Å². The Balaban J connectivity index is 1.81. The van der Waals surface area contributed by atoms with Gasteiger partial charge in [-0.3, -0.25) is 9.48 Å². The Morgan fingerprint density at radius 2 is 2.05 bits per heavy atom. The third-order valence-electron chi connectivity index (χ3n) is 3.47. The molecule has 1 unspecified atom stereocenters. The number of carbonyl (C=O) groups is 1. The van der Waals surface area contributed by atoms with Gasteiger partial charge >= 0.3 is 0 Å². The molecule has 2 aromatic rings. The van der Waals surface area contributed by atoms with Gasteiger partial charge in [0, 0.05) is 12.8 Å². The van der Waals surface area contributed by atoms with E-state index in [-0.39, 0.29) is 5.91 Å². The Labute approximate surface area is 134 Å². The summed E-state index contributed by atoms with van der Waals surface area (Å²) in [6.07, 6.45) is -0.555. The minimum Gasteiger partial charge on any atom is -0.388 e. The van der Waals surface area contributed by atoms with E-state index in [0.29, 0.717) is 11.5 Å². The number of nitrogens with one attached hydrogen (secondary N) is 1. The van der Waals surface area contributed by atoms with Crippen molar-refractivity contribution in [3.05, 3.63) is 47.3 Å². The first kappa shape index (κ1) is 16.6. The van der Waals surface area contributed by atoms with Gasteiger partial charge in [-0.15, -0.1) is 11.8 Å². The first-order chi connectivity index (χ1) is 10.5. The molecular weight excluding hydrogens is 298 g/mol. The van der Waals surface area contributed by atoms with Crippen molar-refractivity contribution in [2.45, 2.75) is 20.0 Å². The van der Waals surface area contributed by atoms with Crippen LogP contribution in [0.25, 0.3) is 0 Å². The van der Waals surface area contributed by atoms with Crippen LogP contribution in [0.4, 0.5) is 5.69 Å². The largest absolute Gasteiger partial charge is 0.388 e. The van der Waals surface area contributed by atoms with Crippen molar-refractivity contribution in [1.82, 2.24) is 9.78 Å². The number of amides is 1. The third kappa shape index (κ3) is 4.11. The summed E-state index contributed by atoms with van der Waals surface area (Å²) in [6.45, 7) is 3.79. The van der Waals surface area contributed by atoms with Crippen LogP contribution in [0.1, 0.15) is 23.1 Å². The van der Waals surface area contributed by atoms with Crippen molar-refractivity contribution in [2.75, 3.05) is 16.8 Å². The minimum atomic E-state index is -0.555. The zero-order valence-corrected chi connectivity index (χ0v) is 13.9. The van der Waals surface area contributed by atoms with Crippen LogP contribution in [0.15, 0.2) is 30.3 Å². The van der Waals surface area contributed by atoms with Gasteiger partial charge in [-0.2, -0.15) is 5.10 Å². The molecule has 2 N–H and O–H groups in total. The molecule has 1 heterocycles. The van der Waals surface area contributed by atoms with Gasteiger partial charge in [-0.25, -0.2) is 0 Å². The molecule has 1 aromatic heterocycles. The van der Waals surface area contributed by atoms with E-state index in [0.717, 1.165) is 22.6 Å². The Hall–Kier alpha value is -1.79. The fraction of sp³-hybridized carbons (Fsp3) is 0.375. The maximum absolute atomic E-state index is 12.0. The van der Waals surface area contributed by atoms with Crippen molar-refractivity contribution < 1.29 is 9.90 Å². The molecule has 0 aliphatic rings. The standard InChI is InChI=1S/C16H21N3O2S/c1-11-16(12(2)19(3)18-11)17-15(21)10-22-9-14(20)13-7-5-4-6-8-13/h4-8,14,20H,9-10H2,1-3H3,(H,17,21). The number of rotatable bonds is 6. The first-order valence-electron chi connectivity index (χ1n) is 7.10. The predicted molar refractivity (Wildman–Crippen MR) is 90.0 cm³/mol. The lowest BCUT2D eigenvalue weighted by Crippen LogP contribution is -2.16. The van der Waals surface area contributed by atoms with Crippen LogP contribution in [-0.2, 0) is 11.8 Å². The van der Waals surface area contributed by atoms with Crippen LogP contribution in [-0.4, -0.2) is 32.3 Å². The normalized spacial score (nSPS) is 12.2. The number of aromatic nitrogens is 2. The third-order valence-corrected chi connectivity index (χ3v) is 4.48. The van der Waals surface area contributed by atoms with Gasteiger partial charge in [0.2, 0.25) is 5.91 Å². The van der Waals surface area contributed by atoms with Crippen LogP contribution < -0.4 is 5.32 Å². The number of aryl methyl sites for hydroxylation is 2. The van der Waals surface area contributed by atoms with Gasteiger partial charge in [0.1, 0.15) is 0 Å². The van der Waals surface area contributed by atoms with E-state index in [1.54, 1.807) is 4.68 Å². The second kappa shape index (κ2) is 7.47. The van der Waals surface area contributed by atoms with E-state index >= 15 is 0 Å². The molecule has 0 spiro atoms. The van der Waals surface area contributed by atoms with Gasteiger partial charge in [-0.1, -0.05) is 30.3 Å². The molecule has 22 heavy (non-hydrogen) atoms. The van der Waals surface area contributed by atoms with Crippen molar-refractivity contribution in [3.63, 3.8) is 0 Å². The Morgan fingerprint density at radius 3 is 2.64 bits per heavy atom. The molecule has 0 bridgehead atoms. The van der Waals surface area contributed by atoms with E-state index in [9.17, 15) is 9.90 Å². The summed E-state index contributed by atoms with van der Waals surface area (Å²) in [5.74, 6) is 0.713. The van der Waals surface area contributed by atoms with E-state index in [4.69, 9.17) is 0 Å². The average molecular weight is 319 g/mol. The number of aliphatic hydroxyl groups is 1. The van der Waals surface area contributed by atoms with Gasteiger partial charge in [0.15, 0.2) is 0 Å². The minimum absolute atomic E-state index is 0.0792. The van der Waals surface area contributed by atoms with E-state index < -0.39 is 6.10 Å². The lowest BCUT2D eigenvalue weighted by molar-refractivity contribution is -0.113. The highest BCUT2D eigenvalue weighted by Gasteiger charge is 2.13. The number of anilines is 1. The molecule has 6 heteroatoms. The average Bonchev–Trinajstić information content (AvgIpc) is 2.74. The quantitative estimate of drug-likeness (QED) is 0.858. The molecule has 0 fully saturated rings. The molecule has 1 atom stereocenters. The summed E-state index contributed by atoms with van der Waals surface area (Å²) < 4.78 is 1.75. The van der Waals surface area contributed by atoms with E-state index in [1.165, 1.54) is 11.8 Å². The number of carbonyl (C=O) groups excluding carboxylic acids is 1. The van der Waals surface area contributed by atoms with Crippen LogP contribution in [0.5, 0.6) is 0 Å². The maximum atomic E-state index is 12.0.